The smallest absolute Gasteiger partial charge is 0.408 e. The summed E-state index contributed by atoms with van der Waals surface area (Å²) in [5.41, 5.74) is 0.922. The van der Waals surface area contributed by atoms with Crippen LogP contribution in [0, 0.1) is 0 Å². The monoisotopic (exact) mass is 353 g/mol. The Morgan fingerprint density at radius 3 is 2.46 bits per heavy atom. The number of hydrogen-bond acceptors (Lipinski definition) is 5. The first kappa shape index (κ1) is 20.2. The zero-order valence-corrected chi connectivity index (χ0v) is 16.0. The fourth-order valence-corrected chi connectivity index (χ4v) is 2.33. The van der Waals surface area contributed by atoms with Crippen molar-refractivity contribution < 1.29 is 14.3 Å². The topological polar surface area (TPSA) is 79.5 Å². The third-order valence-electron chi connectivity index (χ3n) is 2.98. The Morgan fingerprint density at radius 2 is 1.92 bits per heavy atom. The van der Waals surface area contributed by atoms with Gasteiger partial charge in [0.25, 0.3) is 0 Å². The average molecular weight is 353 g/mol. The average Bonchev–Trinajstić information content (AvgIpc) is 2.47. The standard InChI is InChI=1S/C17H27N3O3S/c1-7-18-14-10-12(24-6)8-9-13(14)20-15(21)11(2)19-16(22)23-17(3,4)5/h8-11,18H,7H2,1-6H3,(H,19,22)(H,20,21)/t11-/m1/s1. The van der Waals surface area contributed by atoms with Crippen LogP contribution in [0.5, 0.6) is 0 Å². The number of nitrogens with one attached hydrogen (secondary N) is 3. The molecule has 1 rings (SSSR count). The second-order valence-electron chi connectivity index (χ2n) is 6.30. The van der Waals surface area contributed by atoms with E-state index in [2.05, 4.69) is 16.0 Å². The number of anilines is 2. The Hall–Kier alpha value is -1.89. The van der Waals surface area contributed by atoms with E-state index in [-0.39, 0.29) is 5.91 Å². The van der Waals surface area contributed by atoms with Gasteiger partial charge in [-0.25, -0.2) is 4.79 Å². The molecule has 0 spiro atoms. The van der Waals surface area contributed by atoms with Crippen molar-refractivity contribution in [1.29, 1.82) is 0 Å². The number of carbonyl (C=O) groups excluding carboxylic acids is 2. The molecule has 134 valence electrons. The van der Waals surface area contributed by atoms with Gasteiger partial charge in [-0.3, -0.25) is 4.79 Å². The van der Waals surface area contributed by atoms with Crippen LogP contribution in [0.2, 0.25) is 0 Å². The summed E-state index contributed by atoms with van der Waals surface area (Å²) in [6.45, 7) is 9.66. The molecule has 1 aromatic rings. The second kappa shape index (κ2) is 8.82. The lowest BCUT2D eigenvalue weighted by Gasteiger charge is -2.22. The predicted octanol–water partition coefficient (Wildman–Crippen LogP) is 3.69. The summed E-state index contributed by atoms with van der Waals surface area (Å²) >= 11 is 1.63. The maximum absolute atomic E-state index is 12.3. The lowest BCUT2D eigenvalue weighted by Crippen LogP contribution is -2.44. The summed E-state index contributed by atoms with van der Waals surface area (Å²) in [7, 11) is 0. The summed E-state index contributed by atoms with van der Waals surface area (Å²) in [6.07, 6.45) is 1.38. The Kier molecular flexibility index (Phi) is 7.41. The third-order valence-corrected chi connectivity index (χ3v) is 3.70. The van der Waals surface area contributed by atoms with E-state index >= 15 is 0 Å². The quantitative estimate of drug-likeness (QED) is 0.680. The number of amides is 2. The van der Waals surface area contributed by atoms with E-state index in [1.165, 1.54) is 0 Å². The molecule has 0 heterocycles. The Balaban J connectivity index is 2.74. The molecular formula is C17H27N3O3S. The highest BCUT2D eigenvalue weighted by atomic mass is 32.2. The molecule has 3 N–H and O–H groups in total. The maximum atomic E-state index is 12.3. The largest absolute Gasteiger partial charge is 0.444 e. The number of ether oxygens (including phenoxy) is 1. The Labute approximate surface area is 148 Å². The summed E-state index contributed by atoms with van der Waals surface area (Å²) in [5, 5.41) is 8.59. The van der Waals surface area contributed by atoms with Crippen LogP contribution in [0.3, 0.4) is 0 Å². The molecule has 1 atom stereocenters. The van der Waals surface area contributed by atoms with Gasteiger partial charge in [-0.15, -0.1) is 11.8 Å². The van der Waals surface area contributed by atoms with Crippen LogP contribution in [0.25, 0.3) is 0 Å². The van der Waals surface area contributed by atoms with Crippen LogP contribution < -0.4 is 16.0 Å². The van der Waals surface area contributed by atoms with E-state index in [1.807, 2.05) is 31.4 Å². The fraction of sp³-hybridized carbons (Fsp3) is 0.529. The van der Waals surface area contributed by atoms with Crippen molar-refractivity contribution in [2.75, 3.05) is 23.4 Å². The van der Waals surface area contributed by atoms with Crippen LogP contribution in [0.15, 0.2) is 23.1 Å². The van der Waals surface area contributed by atoms with Crippen molar-refractivity contribution in [3.63, 3.8) is 0 Å². The van der Waals surface area contributed by atoms with Crippen LogP contribution in [-0.4, -0.2) is 36.4 Å². The third kappa shape index (κ3) is 6.70. The molecule has 24 heavy (non-hydrogen) atoms. The number of rotatable bonds is 6. The molecular weight excluding hydrogens is 326 g/mol. The summed E-state index contributed by atoms with van der Waals surface area (Å²) < 4.78 is 5.16. The number of hydrogen-bond donors (Lipinski definition) is 3. The number of carbonyl (C=O) groups is 2. The lowest BCUT2D eigenvalue weighted by molar-refractivity contribution is -0.117. The Morgan fingerprint density at radius 1 is 1.25 bits per heavy atom. The maximum Gasteiger partial charge on any atom is 0.408 e. The predicted molar refractivity (Wildman–Crippen MR) is 99.8 cm³/mol. The molecule has 1 aromatic carbocycles. The summed E-state index contributed by atoms with van der Waals surface area (Å²) in [5.74, 6) is -0.308. The minimum Gasteiger partial charge on any atom is -0.444 e. The summed E-state index contributed by atoms with van der Waals surface area (Å²) in [6, 6.07) is 5.06. The van der Waals surface area contributed by atoms with Crippen molar-refractivity contribution in [2.24, 2.45) is 0 Å². The first-order valence-corrected chi connectivity index (χ1v) is 9.11. The van der Waals surface area contributed by atoms with Gasteiger partial charge in [0.05, 0.1) is 11.4 Å². The molecule has 0 saturated heterocycles. The van der Waals surface area contributed by atoms with Crippen molar-refractivity contribution in [3.8, 4) is 0 Å². The highest BCUT2D eigenvalue weighted by molar-refractivity contribution is 7.98. The molecule has 2 amide bonds. The first-order chi connectivity index (χ1) is 11.2. The molecule has 0 aliphatic rings. The highest BCUT2D eigenvalue weighted by Crippen LogP contribution is 2.27. The SMILES string of the molecule is CCNc1cc(SC)ccc1NC(=O)[C@@H](C)NC(=O)OC(C)(C)C. The van der Waals surface area contributed by atoms with Gasteiger partial charge in [0.15, 0.2) is 0 Å². The van der Waals surface area contributed by atoms with Gasteiger partial charge in [-0.05, 0) is 59.1 Å². The lowest BCUT2D eigenvalue weighted by atomic mass is 10.2. The molecule has 0 radical (unpaired) electrons. The van der Waals surface area contributed by atoms with E-state index in [0.29, 0.717) is 5.69 Å². The van der Waals surface area contributed by atoms with Crippen molar-refractivity contribution >= 4 is 35.1 Å². The molecule has 0 aliphatic carbocycles. The normalized spacial score (nSPS) is 12.2. The van der Waals surface area contributed by atoms with Gasteiger partial charge < -0.3 is 20.7 Å². The van der Waals surface area contributed by atoms with Gasteiger partial charge in [0.2, 0.25) is 5.91 Å². The van der Waals surface area contributed by atoms with Gasteiger partial charge in [0, 0.05) is 11.4 Å². The molecule has 0 saturated carbocycles. The van der Waals surface area contributed by atoms with E-state index in [9.17, 15) is 9.59 Å². The molecule has 0 aliphatic heterocycles. The zero-order chi connectivity index (χ0) is 18.3. The van der Waals surface area contributed by atoms with Crippen LogP contribution in [0.1, 0.15) is 34.6 Å². The van der Waals surface area contributed by atoms with E-state index in [1.54, 1.807) is 39.5 Å². The van der Waals surface area contributed by atoms with E-state index < -0.39 is 17.7 Å². The van der Waals surface area contributed by atoms with Crippen LogP contribution in [0.4, 0.5) is 16.2 Å². The van der Waals surface area contributed by atoms with E-state index in [0.717, 1.165) is 17.1 Å². The van der Waals surface area contributed by atoms with Crippen molar-refractivity contribution in [3.05, 3.63) is 18.2 Å². The zero-order valence-electron chi connectivity index (χ0n) is 15.1. The van der Waals surface area contributed by atoms with Crippen LogP contribution in [-0.2, 0) is 9.53 Å². The molecule has 0 fully saturated rings. The highest BCUT2D eigenvalue weighted by Gasteiger charge is 2.21. The fourth-order valence-electron chi connectivity index (χ4n) is 1.89. The van der Waals surface area contributed by atoms with Gasteiger partial charge in [-0.1, -0.05) is 0 Å². The molecule has 7 heteroatoms. The second-order valence-corrected chi connectivity index (χ2v) is 7.18. The van der Waals surface area contributed by atoms with E-state index in [4.69, 9.17) is 4.74 Å². The van der Waals surface area contributed by atoms with Crippen molar-refractivity contribution in [1.82, 2.24) is 5.32 Å². The molecule has 0 aromatic heterocycles. The van der Waals surface area contributed by atoms with Gasteiger partial charge in [0.1, 0.15) is 11.6 Å². The minimum absolute atomic E-state index is 0.308. The summed E-state index contributed by atoms with van der Waals surface area (Å²) in [4.78, 5) is 25.2. The number of benzene rings is 1. The first-order valence-electron chi connectivity index (χ1n) is 7.88. The number of thioether (sulfide) groups is 1. The number of alkyl carbamates (subject to hydrolysis) is 1. The molecule has 0 unspecified atom stereocenters. The van der Waals surface area contributed by atoms with Crippen molar-refractivity contribution in [2.45, 2.75) is 51.2 Å². The Bertz CT molecular complexity index is 585. The van der Waals surface area contributed by atoms with Crippen LogP contribution >= 0.6 is 11.8 Å². The minimum atomic E-state index is -0.713. The van der Waals surface area contributed by atoms with Gasteiger partial charge >= 0.3 is 6.09 Å². The molecule has 0 bridgehead atoms. The molecule has 6 nitrogen and oxygen atoms in total. The van der Waals surface area contributed by atoms with Gasteiger partial charge in [-0.2, -0.15) is 0 Å².